The van der Waals surface area contributed by atoms with E-state index in [4.69, 9.17) is 0 Å². The molecule has 0 bridgehead atoms. The van der Waals surface area contributed by atoms with Crippen molar-refractivity contribution in [1.82, 2.24) is 19.2 Å². The van der Waals surface area contributed by atoms with Gasteiger partial charge in [0.2, 0.25) is 0 Å². The Morgan fingerprint density at radius 1 is 1.04 bits per heavy atom. The number of hydrogen-bond acceptors (Lipinski definition) is 3. The second kappa shape index (κ2) is 7.98. The highest BCUT2D eigenvalue weighted by atomic mass is 16.2. The van der Waals surface area contributed by atoms with E-state index in [9.17, 15) is 4.79 Å². The lowest BCUT2D eigenvalue weighted by atomic mass is 9.99. The predicted octanol–water partition coefficient (Wildman–Crippen LogP) is 3.90. The second-order valence-corrected chi connectivity index (χ2v) is 7.57. The molecule has 0 radical (unpaired) electrons. The molecule has 0 N–H and O–H groups in total. The molecule has 4 rings (SSSR count). The lowest BCUT2D eigenvalue weighted by Crippen LogP contribution is -2.28. The minimum absolute atomic E-state index is 0.0549. The van der Waals surface area contributed by atoms with E-state index in [2.05, 4.69) is 58.5 Å². The smallest absolute Gasteiger partial charge is 0.295 e. The minimum atomic E-state index is -0.101. The van der Waals surface area contributed by atoms with Crippen molar-refractivity contribution in [2.45, 2.75) is 32.9 Å². The third-order valence-corrected chi connectivity index (χ3v) is 5.24. The Kier molecular flexibility index (Phi) is 5.26. The first-order valence-electron chi connectivity index (χ1n) is 9.84. The number of nitrogens with zero attached hydrogens (tertiary/aromatic N) is 4. The van der Waals surface area contributed by atoms with Gasteiger partial charge in [0.1, 0.15) is 6.33 Å². The van der Waals surface area contributed by atoms with Crippen molar-refractivity contribution in [2.24, 2.45) is 0 Å². The standard InChI is InChI=1S/C23H26N4O/c1-18(2)27-23(28)26(17-24-27)22-10-8-20(9-11-22)21-12-14-25(15-13-21)16-19-6-4-3-5-7-19/h3-12,17-18H,13-16H2,1-2H3. The summed E-state index contributed by atoms with van der Waals surface area (Å²) in [7, 11) is 0. The zero-order chi connectivity index (χ0) is 19.5. The zero-order valence-electron chi connectivity index (χ0n) is 16.5. The molecule has 0 unspecified atom stereocenters. The summed E-state index contributed by atoms with van der Waals surface area (Å²) < 4.78 is 3.10. The highest BCUT2D eigenvalue weighted by molar-refractivity contribution is 5.67. The van der Waals surface area contributed by atoms with Crippen molar-refractivity contribution >= 4 is 5.57 Å². The molecule has 0 spiro atoms. The molecule has 0 saturated carbocycles. The first-order chi connectivity index (χ1) is 13.6. The molecule has 144 valence electrons. The molecular formula is C23H26N4O. The van der Waals surface area contributed by atoms with E-state index in [1.54, 1.807) is 10.9 Å². The molecule has 1 aromatic heterocycles. The molecule has 0 amide bonds. The maximum absolute atomic E-state index is 12.4. The largest absolute Gasteiger partial charge is 0.350 e. The van der Waals surface area contributed by atoms with Gasteiger partial charge >= 0.3 is 5.69 Å². The summed E-state index contributed by atoms with van der Waals surface area (Å²) in [5, 5.41) is 4.20. The van der Waals surface area contributed by atoms with Gasteiger partial charge in [-0.1, -0.05) is 48.5 Å². The van der Waals surface area contributed by atoms with Gasteiger partial charge in [0.15, 0.2) is 0 Å². The van der Waals surface area contributed by atoms with E-state index in [0.717, 1.165) is 31.7 Å². The van der Waals surface area contributed by atoms with Gasteiger partial charge in [0.25, 0.3) is 0 Å². The molecule has 0 atom stereocenters. The van der Waals surface area contributed by atoms with Crippen molar-refractivity contribution < 1.29 is 0 Å². The molecule has 5 nitrogen and oxygen atoms in total. The number of benzene rings is 2. The first-order valence-corrected chi connectivity index (χ1v) is 9.84. The monoisotopic (exact) mass is 374 g/mol. The van der Waals surface area contributed by atoms with Gasteiger partial charge in [-0.15, -0.1) is 0 Å². The van der Waals surface area contributed by atoms with Crippen molar-refractivity contribution in [3.8, 4) is 5.69 Å². The van der Waals surface area contributed by atoms with E-state index in [1.165, 1.54) is 21.4 Å². The summed E-state index contributed by atoms with van der Waals surface area (Å²) in [6.07, 6.45) is 4.96. The Bertz CT molecular complexity index is 1010. The predicted molar refractivity (Wildman–Crippen MR) is 113 cm³/mol. The average molecular weight is 374 g/mol. The molecule has 2 aromatic carbocycles. The van der Waals surface area contributed by atoms with Crippen LogP contribution in [0, 0.1) is 0 Å². The van der Waals surface area contributed by atoms with Crippen molar-refractivity contribution in [2.75, 3.05) is 13.1 Å². The van der Waals surface area contributed by atoms with Gasteiger partial charge in [0.05, 0.1) is 11.7 Å². The van der Waals surface area contributed by atoms with Gasteiger partial charge in [-0.25, -0.2) is 14.0 Å². The van der Waals surface area contributed by atoms with Crippen LogP contribution < -0.4 is 5.69 Å². The van der Waals surface area contributed by atoms with Gasteiger partial charge in [-0.2, -0.15) is 5.10 Å². The van der Waals surface area contributed by atoms with Crippen LogP contribution in [-0.2, 0) is 6.54 Å². The van der Waals surface area contributed by atoms with Crippen LogP contribution in [0.15, 0.2) is 71.8 Å². The summed E-state index contributed by atoms with van der Waals surface area (Å²) in [6.45, 7) is 6.93. The summed E-state index contributed by atoms with van der Waals surface area (Å²) >= 11 is 0. The Balaban J connectivity index is 1.45. The number of hydrogen-bond donors (Lipinski definition) is 0. The van der Waals surface area contributed by atoms with Gasteiger partial charge < -0.3 is 0 Å². The molecule has 1 aliphatic heterocycles. The van der Waals surface area contributed by atoms with Crippen molar-refractivity contribution in [3.05, 3.63) is 88.6 Å². The van der Waals surface area contributed by atoms with Crippen LogP contribution >= 0.6 is 0 Å². The molecule has 28 heavy (non-hydrogen) atoms. The van der Waals surface area contributed by atoms with Gasteiger partial charge in [-0.05, 0) is 49.1 Å². The Labute approximate surface area is 165 Å². The molecule has 5 heteroatoms. The third kappa shape index (κ3) is 3.85. The lowest BCUT2D eigenvalue weighted by Gasteiger charge is -2.26. The summed E-state index contributed by atoms with van der Waals surface area (Å²) in [5.41, 5.74) is 4.71. The quantitative estimate of drug-likeness (QED) is 0.680. The molecule has 2 heterocycles. The van der Waals surface area contributed by atoms with Crippen molar-refractivity contribution in [3.63, 3.8) is 0 Å². The third-order valence-electron chi connectivity index (χ3n) is 5.24. The fraction of sp³-hybridized carbons (Fsp3) is 0.304. The molecular weight excluding hydrogens is 348 g/mol. The Hall–Kier alpha value is -2.92. The normalized spacial score (nSPS) is 15.0. The minimum Gasteiger partial charge on any atom is -0.295 e. The SMILES string of the molecule is CC(C)n1ncn(-c2ccc(C3=CCN(Cc4ccccc4)CC3)cc2)c1=O. The van der Waals surface area contributed by atoms with E-state index in [-0.39, 0.29) is 11.7 Å². The summed E-state index contributed by atoms with van der Waals surface area (Å²) in [4.78, 5) is 14.9. The van der Waals surface area contributed by atoms with Crippen LogP contribution in [0.3, 0.4) is 0 Å². The second-order valence-electron chi connectivity index (χ2n) is 7.57. The fourth-order valence-corrected chi connectivity index (χ4v) is 3.64. The van der Waals surface area contributed by atoms with Gasteiger partial charge in [0, 0.05) is 19.6 Å². The molecule has 3 aromatic rings. The maximum Gasteiger partial charge on any atom is 0.350 e. The Morgan fingerprint density at radius 3 is 2.39 bits per heavy atom. The number of rotatable bonds is 5. The van der Waals surface area contributed by atoms with Gasteiger partial charge in [-0.3, -0.25) is 4.90 Å². The topological polar surface area (TPSA) is 43.1 Å². The fourth-order valence-electron chi connectivity index (χ4n) is 3.64. The van der Waals surface area contributed by atoms with Crippen LogP contribution in [0.5, 0.6) is 0 Å². The zero-order valence-corrected chi connectivity index (χ0v) is 16.5. The van der Waals surface area contributed by atoms with E-state index in [0.29, 0.717) is 0 Å². The van der Waals surface area contributed by atoms with Crippen molar-refractivity contribution in [1.29, 1.82) is 0 Å². The highest BCUT2D eigenvalue weighted by Gasteiger charge is 2.14. The van der Waals surface area contributed by atoms with Crippen LogP contribution in [-0.4, -0.2) is 32.3 Å². The Morgan fingerprint density at radius 2 is 1.79 bits per heavy atom. The average Bonchev–Trinajstić information content (AvgIpc) is 3.11. The van der Waals surface area contributed by atoms with Crippen LogP contribution in [0.2, 0.25) is 0 Å². The van der Waals surface area contributed by atoms with Crippen LogP contribution in [0.25, 0.3) is 11.3 Å². The molecule has 1 aliphatic rings. The van der Waals surface area contributed by atoms with Crippen LogP contribution in [0.4, 0.5) is 0 Å². The molecule has 0 saturated heterocycles. The summed E-state index contributed by atoms with van der Waals surface area (Å²) in [5.74, 6) is 0. The lowest BCUT2D eigenvalue weighted by molar-refractivity contribution is 0.294. The van der Waals surface area contributed by atoms with Crippen LogP contribution in [0.1, 0.15) is 37.4 Å². The summed E-state index contributed by atoms with van der Waals surface area (Å²) in [6, 6.07) is 18.9. The highest BCUT2D eigenvalue weighted by Crippen LogP contribution is 2.24. The van der Waals surface area contributed by atoms with E-state index >= 15 is 0 Å². The molecule has 0 aliphatic carbocycles. The molecule has 0 fully saturated rings. The first kappa shape index (κ1) is 18.4. The maximum atomic E-state index is 12.4. The van der Waals surface area contributed by atoms with E-state index in [1.807, 2.05) is 26.0 Å². The number of aromatic nitrogens is 3. The van der Waals surface area contributed by atoms with E-state index < -0.39 is 0 Å².